The third kappa shape index (κ3) is 6.50. The van der Waals surface area contributed by atoms with Gasteiger partial charge in [0.15, 0.2) is 5.69 Å². The number of nitrogen functional groups attached to an aromatic ring is 1. The van der Waals surface area contributed by atoms with Gasteiger partial charge >= 0.3 is 0 Å². The average Bonchev–Trinajstić information content (AvgIpc) is 3.49. The molecule has 0 aliphatic heterocycles. The summed E-state index contributed by atoms with van der Waals surface area (Å²) in [5, 5.41) is 3.13. The number of benzene rings is 1. The van der Waals surface area contributed by atoms with Crippen molar-refractivity contribution in [2.24, 2.45) is 5.73 Å². The smallest absolute Gasteiger partial charge is 0.272 e. The normalized spacial score (nSPS) is 14.5. The fourth-order valence-corrected chi connectivity index (χ4v) is 4.98. The van der Waals surface area contributed by atoms with Crippen molar-refractivity contribution in [3.05, 3.63) is 34.8 Å². The molecule has 3 amide bonds. The zero-order chi connectivity index (χ0) is 25.4. The number of hydrogen-bond acceptors (Lipinski definition) is 7. The number of carbonyl (C=O) groups excluding carboxylic acids is 3. The molecule has 0 radical (unpaired) electrons. The van der Waals surface area contributed by atoms with Gasteiger partial charge in [-0.05, 0) is 61.5 Å². The maximum atomic E-state index is 13.8. The van der Waals surface area contributed by atoms with E-state index in [4.69, 9.17) is 16.2 Å². The van der Waals surface area contributed by atoms with Gasteiger partial charge in [-0.2, -0.15) is 4.37 Å². The van der Waals surface area contributed by atoms with Crippen molar-refractivity contribution in [3.8, 4) is 5.75 Å². The lowest BCUT2D eigenvalue weighted by molar-refractivity contribution is -0.123. The predicted molar refractivity (Wildman–Crippen MR) is 138 cm³/mol. The van der Waals surface area contributed by atoms with Crippen LogP contribution < -0.4 is 26.4 Å². The number of hydrogen-bond donors (Lipinski definition) is 3. The van der Waals surface area contributed by atoms with Crippen LogP contribution in [0.4, 0.5) is 11.4 Å². The van der Waals surface area contributed by atoms with E-state index >= 15 is 0 Å². The number of nitrogens with two attached hydrogens (primary N) is 2. The zero-order valence-corrected chi connectivity index (χ0v) is 21.2. The Hall–Kier alpha value is -3.14. The Balaban J connectivity index is 1.97. The van der Waals surface area contributed by atoms with Crippen molar-refractivity contribution in [1.82, 2.24) is 9.69 Å². The van der Waals surface area contributed by atoms with Gasteiger partial charge in [-0.15, -0.1) is 0 Å². The van der Waals surface area contributed by atoms with Gasteiger partial charge in [0.2, 0.25) is 5.91 Å². The first-order valence-electron chi connectivity index (χ1n) is 12.3. The first-order chi connectivity index (χ1) is 16.9. The van der Waals surface area contributed by atoms with Crippen LogP contribution in [0.15, 0.2) is 24.3 Å². The van der Waals surface area contributed by atoms with Gasteiger partial charge in [-0.25, -0.2) is 0 Å². The SMILES string of the molecule is CCCCOc1ccc(N(C(=O)c2snc(C(N)=O)c2N)C(CCC)C(=O)NC2CCCC2)cc1. The maximum absolute atomic E-state index is 13.8. The topological polar surface area (TPSA) is 141 Å². The molecule has 1 aromatic heterocycles. The third-order valence-electron chi connectivity index (χ3n) is 6.13. The van der Waals surface area contributed by atoms with Crippen LogP contribution in [0.25, 0.3) is 0 Å². The molecule has 190 valence electrons. The number of nitrogens with one attached hydrogen (secondary N) is 1. The average molecular weight is 502 g/mol. The van der Waals surface area contributed by atoms with Crippen molar-refractivity contribution < 1.29 is 19.1 Å². The van der Waals surface area contributed by atoms with Gasteiger partial charge < -0.3 is 21.5 Å². The molecule has 10 heteroatoms. The molecule has 0 saturated heterocycles. The van der Waals surface area contributed by atoms with Crippen molar-refractivity contribution in [2.75, 3.05) is 17.2 Å². The Morgan fingerprint density at radius 2 is 1.86 bits per heavy atom. The summed E-state index contributed by atoms with van der Waals surface area (Å²) in [6.07, 6.45) is 7.16. The Labute approximate surface area is 210 Å². The monoisotopic (exact) mass is 501 g/mol. The Kier molecular flexibility index (Phi) is 9.47. The number of carbonyl (C=O) groups is 3. The van der Waals surface area contributed by atoms with Crippen LogP contribution in [0, 0.1) is 0 Å². The summed E-state index contributed by atoms with van der Waals surface area (Å²) in [7, 11) is 0. The van der Waals surface area contributed by atoms with E-state index in [0.717, 1.165) is 50.1 Å². The second-order valence-corrected chi connectivity index (χ2v) is 9.58. The minimum atomic E-state index is -0.804. The van der Waals surface area contributed by atoms with Crippen LogP contribution in [-0.4, -0.2) is 40.8 Å². The van der Waals surface area contributed by atoms with E-state index in [9.17, 15) is 14.4 Å². The largest absolute Gasteiger partial charge is 0.494 e. The number of anilines is 2. The minimum absolute atomic E-state index is 0.0662. The van der Waals surface area contributed by atoms with Crippen molar-refractivity contribution in [1.29, 1.82) is 0 Å². The zero-order valence-electron chi connectivity index (χ0n) is 20.4. The number of unbranched alkanes of at least 4 members (excludes halogenated alkanes) is 1. The molecule has 3 rings (SSSR count). The number of rotatable bonds is 12. The van der Waals surface area contributed by atoms with Gasteiger partial charge in [0.05, 0.1) is 12.3 Å². The molecule has 1 aliphatic carbocycles. The Bertz CT molecular complexity index is 1020. The first-order valence-corrected chi connectivity index (χ1v) is 13.1. The van der Waals surface area contributed by atoms with E-state index in [-0.39, 0.29) is 28.2 Å². The minimum Gasteiger partial charge on any atom is -0.494 e. The number of primary amides is 1. The van der Waals surface area contributed by atoms with Crippen LogP contribution in [0.1, 0.15) is 85.4 Å². The Morgan fingerprint density at radius 1 is 1.17 bits per heavy atom. The molecule has 0 bridgehead atoms. The van der Waals surface area contributed by atoms with Gasteiger partial charge in [-0.3, -0.25) is 19.3 Å². The van der Waals surface area contributed by atoms with Gasteiger partial charge in [0.25, 0.3) is 11.8 Å². The van der Waals surface area contributed by atoms with Crippen molar-refractivity contribution in [2.45, 2.75) is 77.3 Å². The van der Waals surface area contributed by atoms with Gasteiger partial charge in [0, 0.05) is 11.7 Å². The molecule has 2 aromatic rings. The third-order valence-corrected chi connectivity index (χ3v) is 6.98. The molecule has 1 unspecified atom stereocenters. The molecule has 1 fully saturated rings. The molecule has 1 atom stereocenters. The first kappa shape index (κ1) is 26.5. The summed E-state index contributed by atoms with van der Waals surface area (Å²) in [5.74, 6) is -0.812. The molecule has 1 heterocycles. The maximum Gasteiger partial charge on any atom is 0.272 e. The molecule has 1 aromatic carbocycles. The fourth-order valence-electron chi connectivity index (χ4n) is 4.23. The van der Waals surface area contributed by atoms with E-state index in [0.29, 0.717) is 30.9 Å². The molecule has 0 spiro atoms. The molecule has 35 heavy (non-hydrogen) atoms. The highest BCUT2D eigenvalue weighted by molar-refractivity contribution is 7.09. The molecule has 9 nitrogen and oxygen atoms in total. The fraction of sp³-hybridized carbons (Fsp3) is 0.520. The number of aromatic nitrogens is 1. The number of nitrogens with zero attached hydrogens (tertiary/aromatic N) is 2. The number of ether oxygens (including phenoxy) is 1. The van der Waals surface area contributed by atoms with Gasteiger partial charge in [0.1, 0.15) is 16.7 Å². The summed E-state index contributed by atoms with van der Waals surface area (Å²) < 4.78 is 9.73. The van der Waals surface area contributed by atoms with Crippen molar-refractivity contribution in [3.63, 3.8) is 0 Å². The van der Waals surface area contributed by atoms with E-state index in [2.05, 4.69) is 16.6 Å². The highest BCUT2D eigenvalue weighted by atomic mass is 32.1. The quantitative estimate of drug-likeness (QED) is 0.377. The summed E-state index contributed by atoms with van der Waals surface area (Å²) >= 11 is 0.809. The number of amides is 3. The van der Waals surface area contributed by atoms with Crippen molar-refractivity contribution >= 4 is 40.6 Å². The lowest BCUT2D eigenvalue weighted by Crippen LogP contribution is -2.51. The summed E-state index contributed by atoms with van der Waals surface area (Å²) in [6.45, 7) is 4.67. The second-order valence-electron chi connectivity index (χ2n) is 8.80. The molecule has 5 N–H and O–H groups in total. The summed E-state index contributed by atoms with van der Waals surface area (Å²) in [6, 6.07) is 6.46. The highest BCUT2D eigenvalue weighted by Crippen LogP contribution is 2.30. The molecular formula is C25H35N5O4S. The summed E-state index contributed by atoms with van der Waals surface area (Å²) in [5.41, 5.74) is 11.8. The standard InChI is InChI=1S/C25H35N5O4S/c1-3-5-15-34-18-13-11-17(12-14-18)30(25(33)22-20(26)21(23(27)31)29-35-22)19(8-4-2)24(32)28-16-9-6-7-10-16/h11-14,16,19H,3-10,15,26H2,1-2H3,(H2,27,31)(H,28,32). The van der Waals surface area contributed by atoms with E-state index in [1.54, 1.807) is 24.3 Å². The van der Waals surface area contributed by atoms with E-state index in [1.165, 1.54) is 4.90 Å². The van der Waals surface area contributed by atoms with Crippen LogP contribution in [0.5, 0.6) is 5.75 Å². The van der Waals surface area contributed by atoms with Crippen LogP contribution in [0.3, 0.4) is 0 Å². The van der Waals surface area contributed by atoms with E-state index in [1.807, 2.05) is 6.92 Å². The van der Waals surface area contributed by atoms with Crippen LogP contribution in [0.2, 0.25) is 0 Å². The Morgan fingerprint density at radius 3 is 2.43 bits per heavy atom. The molecular weight excluding hydrogens is 466 g/mol. The second kappa shape index (κ2) is 12.5. The van der Waals surface area contributed by atoms with E-state index < -0.39 is 17.9 Å². The lowest BCUT2D eigenvalue weighted by atomic mass is 10.1. The summed E-state index contributed by atoms with van der Waals surface area (Å²) in [4.78, 5) is 40.4. The predicted octanol–water partition coefficient (Wildman–Crippen LogP) is 3.88. The molecule has 1 aliphatic rings. The van der Waals surface area contributed by atoms with Gasteiger partial charge in [-0.1, -0.05) is 39.5 Å². The van der Waals surface area contributed by atoms with Crippen LogP contribution >= 0.6 is 11.5 Å². The molecule has 1 saturated carbocycles. The highest BCUT2D eigenvalue weighted by Gasteiger charge is 2.35. The lowest BCUT2D eigenvalue weighted by Gasteiger charge is -2.31. The van der Waals surface area contributed by atoms with Crippen LogP contribution in [-0.2, 0) is 4.79 Å².